The maximum Gasteiger partial charge on any atom is 0.215 e. The van der Waals surface area contributed by atoms with Gasteiger partial charge in [0.2, 0.25) is 10.0 Å². The normalized spacial score (nSPS) is 17.5. The van der Waals surface area contributed by atoms with Gasteiger partial charge in [-0.25, -0.2) is 13.1 Å². The molecule has 1 aromatic rings. The highest BCUT2D eigenvalue weighted by atomic mass is 32.2. The van der Waals surface area contributed by atoms with Gasteiger partial charge >= 0.3 is 0 Å². The molecule has 0 saturated carbocycles. The predicted molar refractivity (Wildman–Crippen MR) is 77.3 cm³/mol. The minimum absolute atomic E-state index is 0.0695. The average Bonchev–Trinajstić information content (AvgIpc) is 2.40. The second kappa shape index (κ2) is 7.03. The number of nitrogens with one attached hydrogen (secondary N) is 2. The molecule has 0 radical (unpaired) electrons. The summed E-state index contributed by atoms with van der Waals surface area (Å²) in [5.74, 6) is 0.723. The van der Waals surface area contributed by atoms with Crippen LogP contribution in [0.15, 0.2) is 30.3 Å². The van der Waals surface area contributed by atoms with Crippen molar-refractivity contribution in [1.82, 2.24) is 10.0 Å². The van der Waals surface area contributed by atoms with E-state index < -0.39 is 10.0 Å². The van der Waals surface area contributed by atoms with E-state index in [4.69, 9.17) is 0 Å². The second-order valence-electron chi connectivity index (χ2n) is 5.12. The van der Waals surface area contributed by atoms with Crippen LogP contribution in [0, 0.1) is 5.92 Å². The highest BCUT2D eigenvalue weighted by Crippen LogP contribution is 2.15. The molecule has 19 heavy (non-hydrogen) atoms. The van der Waals surface area contributed by atoms with Crippen molar-refractivity contribution in [2.75, 3.05) is 19.6 Å². The first-order chi connectivity index (χ1) is 9.16. The molecule has 0 aromatic heterocycles. The van der Waals surface area contributed by atoms with Gasteiger partial charge in [0.1, 0.15) is 0 Å². The molecule has 1 aromatic carbocycles. The molecular weight excluding hydrogens is 260 g/mol. The van der Waals surface area contributed by atoms with Gasteiger partial charge in [-0.1, -0.05) is 30.3 Å². The molecule has 2 N–H and O–H groups in total. The summed E-state index contributed by atoms with van der Waals surface area (Å²) in [7, 11) is -3.20. The van der Waals surface area contributed by atoms with Crippen molar-refractivity contribution in [1.29, 1.82) is 0 Å². The van der Waals surface area contributed by atoms with Gasteiger partial charge in [0.15, 0.2) is 0 Å². The van der Waals surface area contributed by atoms with Crippen LogP contribution in [-0.2, 0) is 15.8 Å². The Bertz CT molecular complexity index is 467. The summed E-state index contributed by atoms with van der Waals surface area (Å²) in [6.07, 6.45) is 3.25. The summed E-state index contributed by atoms with van der Waals surface area (Å²) < 4.78 is 26.5. The van der Waals surface area contributed by atoms with Crippen LogP contribution >= 0.6 is 0 Å². The van der Waals surface area contributed by atoms with Crippen LogP contribution < -0.4 is 10.0 Å². The molecule has 5 heteroatoms. The van der Waals surface area contributed by atoms with Gasteiger partial charge < -0.3 is 5.32 Å². The smallest absolute Gasteiger partial charge is 0.215 e. The maximum atomic E-state index is 11.9. The topological polar surface area (TPSA) is 58.2 Å². The summed E-state index contributed by atoms with van der Waals surface area (Å²) in [6, 6.07) is 9.29. The molecule has 0 atom stereocenters. The Hall–Kier alpha value is -0.910. The van der Waals surface area contributed by atoms with Crippen molar-refractivity contribution in [2.45, 2.75) is 25.0 Å². The van der Waals surface area contributed by atoms with Crippen molar-refractivity contribution >= 4 is 10.0 Å². The number of piperidine rings is 1. The molecular formula is C14H22N2O2S. The Morgan fingerprint density at radius 2 is 1.84 bits per heavy atom. The molecule has 1 aliphatic heterocycles. The molecule has 0 unspecified atom stereocenters. The minimum atomic E-state index is -3.20. The van der Waals surface area contributed by atoms with Crippen molar-refractivity contribution in [2.24, 2.45) is 5.92 Å². The van der Waals surface area contributed by atoms with E-state index in [9.17, 15) is 8.42 Å². The Kier molecular flexibility index (Phi) is 5.36. The molecule has 0 spiro atoms. The quantitative estimate of drug-likeness (QED) is 0.831. The van der Waals surface area contributed by atoms with Crippen LogP contribution in [0.1, 0.15) is 24.8 Å². The fourth-order valence-corrected chi connectivity index (χ4v) is 3.60. The number of rotatable bonds is 6. The molecule has 2 rings (SSSR count). The number of sulfonamides is 1. The van der Waals surface area contributed by atoms with E-state index in [0.717, 1.165) is 37.9 Å². The van der Waals surface area contributed by atoms with Gasteiger partial charge in [0.25, 0.3) is 0 Å². The monoisotopic (exact) mass is 282 g/mol. The minimum Gasteiger partial charge on any atom is -0.317 e. The van der Waals surface area contributed by atoms with E-state index in [-0.39, 0.29) is 5.75 Å². The first kappa shape index (κ1) is 14.5. The van der Waals surface area contributed by atoms with Crippen LogP contribution in [0.3, 0.4) is 0 Å². The molecule has 1 aliphatic rings. The average molecular weight is 282 g/mol. The van der Waals surface area contributed by atoms with E-state index in [1.165, 1.54) is 0 Å². The zero-order chi connectivity index (χ0) is 13.6. The highest BCUT2D eigenvalue weighted by molar-refractivity contribution is 7.88. The zero-order valence-electron chi connectivity index (χ0n) is 11.1. The van der Waals surface area contributed by atoms with Gasteiger partial charge in [0.05, 0.1) is 5.75 Å². The summed E-state index contributed by atoms with van der Waals surface area (Å²) in [4.78, 5) is 0. The Balaban J connectivity index is 1.74. The Morgan fingerprint density at radius 3 is 2.53 bits per heavy atom. The first-order valence-corrected chi connectivity index (χ1v) is 8.53. The summed E-state index contributed by atoms with van der Waals surface area (Å²) in [6.45, 7) is 2.67. The van der Waals surface area contributed by atoms with Crippen molar-refractivity contribution in [3.8, 4) is 0 Å². The standard InChI is InChI=1S/C14H22N2O2S/c17-19(18,12-14-4-2-1-3-5-14)16-11-8-13-6-9-15-10-7-13/h1-5,13,15-16H,6-12H2. The largest absolute Gasteiger partial charge is 0.317 e. The molecule has 1 heterocycles. The Morgan fingerprint density at radius 1 is 1.16 bits per heavy atom. The predicted octanol–water partition coefficient (Wildman–Crippen LogP) is 1.50. The first-order valence-electron chi connectivity index (χ1n) is 6.88. The molecule has 0 bridgehead atoms. The van der Waals surface area contributed by atoms with E-state index in [2.05, 4.69) is 10.0 Å². The van der Waals surface area contributed by atoms with E-state index >= 15 is 0 Å². The summed E-state index contributed by atoms with van der Waals surface area (Å²) >= 11 is 0. The molecule has 1 fully saturated rings. The van der Waals surface area contributed by atoms with Crippen molar-refractivity contribution in [3.63, 3.8) is 0 Å². The number of benzene rings is 1. The van der Waals surface area contributed by atoms with E-state index in [1.54, 1.807) is 0 Å². The van der Waals surface area contributed by atoms with Crippen molar-refractivity contribution in [3.05, 3.63) is 35.9 Å². The fourth-order valence-electron chi connectivity index (χ4n) is 2.43. The van der Waals surface area contributed by atoms with Gasteiger partial charge in [-0.3, -0.25) is 0 Å². The van der Waals surface area contributed by atoms with Gasteiger partial charge in [0, 0.05) is 6.54 Å². The van der Waals surface area contributed by atoms with Crippen molar-refractivity contribution < 1.29 is 8.42 Å². The van der Waals surface area contributed by atoms with Gasteiger partial charge in [-0.2, -0.15) is 0 Å². The van der Waals surface area contributed by atoms with Crippen LogP contribution in [0.25, 0.3) is 0 Å². The third-order valence-corrected chi connectivity index (χ3v) is 4.89. The Labute approximate surface area is 115 Å². The lowest BCUT2D eigenvalue weighted by Crippen LogP contribution is -2.31. The summed E-state index contributed by atoms with van der Waals surface area (Å²) in [5.41, 5.74) is 0.830. The van der Waals surface area contributed by atoms with Gasteiger partial charge in [-0.05, 0) is 43.8 Å². The summed E-state index contributed by atoms with van der Waals surface area (Å²) in [5, 5.41) is 3.32. The lowest BCUT2D eigenvalue weighted by atomic mass is 9.95. The number of hydrogen-bond acceptors (Lipinski definition) is 3. The molecule has 0 aliphatic carbocycles. The second-order valence-corrected chi connectivity index (χ2v) is 6.93. The lowest BCUT2D eigenvalue weighted by molar-refractivity contribution is 0.354. The number of hydrogen-bond donors (Lipinski definition) is 2. The lowest BCUT2D eigenvalue weighted by Gasteiger charge is -2.22. The molecule has 106 valence electrons. The van der Waals surface area contributed by atoms with Crippen LogP contribution in [0.4, 0.5) is 0 Å². The third kappa shape index (κ3) is 5.30. The fraction of sp³-hybridized carbons (Fsp3) is 0.571. The van der Waals surface area contributed by atoms with E-state index in [0.29, 0.717) is 12.5 Å². The van der Waals surface area contributed by atoms with E-state index in [1.807, 2.05) is 30.3 Å². The molecule has 1 saturated heterocycles. The highest BCUT2D eigenvalue weighted by Gasteiger charge is 2.15. The maximum absolute atomic E-state index is 11.9. The third-order valence-electron chi connectivity index (χ3n) is 3.53. The van der Waals surface area contributed by atoms with Crippen LogP contribution in [0.2, 0.25) is 0 Å². The SMILES string of the molecule is O=S(=O)(Cc1ccccc1)NCCC1CCNCC1. The van der Waals surface area contributed by atoms with Crippen LogP contribution in [0.5, 0.6) is 0 Å². The van der Waals surface area contributed by atoms with Crippen LogP contribution in [-0.4, -0.2) is 28.1 Å². The zero-order valence-corrected chi connectivity index (χ0v) is 12.0. The molecule has 4 nitrogen and oxygen atoms in total. The molecule has 0 amide bonds. The van der Waals surface area contributed by atoms with Gasteiger partial charge in [-0.15, -0.1) is 0 Å².